The Morgan fingerprint density at radius 2 is 1.52 bits per heavy atom. The van der Waals surface area contributed by atoms with Crippen LogP contribution in [0.2, 0.25) is 0 Å². The molecule has 0 aliphatic heterocycles. The van der Waals surface area contributed by atoms with Gasteiger partial charge in [-0.15, -0.1) is 0 Å². The molecule has 0 spiro atoms. The summed E-state index contributed by atoms with van der Waals surface area (Å²) in [6.07, 6.45) is 5.04. The topological polar surface area (TPSA) is 60.7 Å². The molecule has 3 nitrogen and oxygen atoms in total. The normalized spacial score (nSPS) is 55.6. The van der Waals surface area contributed by atoms with E-state index in [0.717, 1.165) is 24.8 Å². The van der Waals surface area contributed by atoms with E-state index in [-0.39, 0.29) is 15.7 Å². The minimum atomic E-state index is -1.36. The van der Waals surface area contributed by atoms with Crippen LogP contribution in [0.4, 0.5) is 0 Å². The number of aliphatic hydroxyl groups excluding tert-OH is 1. The van der Waals surface area contributed by atoms with Crippen LogP contribution < -0.4 is 0 Å². The van der Waals surface area contributed by atoms with Gasteiger partial charge in [-0.3, -0.25) is 0 Å². The van der Waals surface area contributed by atoms with Crippen molar-refractivity contribution in [1.29, 1.82) is 0 Å². The Morgan fingerprint density at radius 3 is 2.04 bits per heavy atom. The van der Waals surface area contributed by atoms with Crippen LogP contribution >= 0.6 is 31.9 Å². The summed E-state index contributed by atoms with van der Waals surface area (Å²) in [5, 5.41) is 34.0. The van der Waals surface area contributed by atoms with Crippen LogP contribution in [0.25, 0.3) is 0 Å². The predicted molar refractivity (Wildman–Crippen MR) is 108 cm³/mol. The molecule has 5 heteroatoms. The third-order valence-electron chi connectivity index (χ3n) is 8.35. The predicted octanol–water partition coefficient (Wildman–Crippen LogP) is 4.31. The van der Waals surface area contributed by atoms with Gasteiger partial charge in [-0.2, -0.15) is 0 Å². The number of hydrogen-bond donors (Lipinski definition) is 3. The summed E-state index contributed by atoms with van der Waals surface area (Å²) >= 11 is 7.55. The Labute approximate surface area is 168 Å². The van der Waals surface area contributed by atoms with E-state index in [9.17, 15) is 15.3 Å². The van der Waals surface area contributed by atoms with E-state index in [1.165, 1.54) is 0 Å². The van der Waals surface area contributed by atoms with Gasteiger partial charge < -0.3 is 15.3 Å². The van der Waals surface area contributed by atoms with Gasteiger partial charge in [-0.05, 0) is 61.5 Å². The van der Waals surface area contributed by atoms with Gasteiger partial charge >= 0.3 is 0 Å². The third-order valence-corrected chi connectivity index (χ3v) is 11.4. The van der Waals surface area contributed by atoms with E-state index in [0.29, 0.717) is 17.7 Å². The quantitative estimate of drug-likeness (QED) is 0.387. The Morgan fingerprint density at radius 1 is 0.960 bits per heavy atom. The van der Waals surface area contributed by atoms with Crippen molar-refractivity contribution in [2.75, 3.05) is 0 Å². The molecule has 0 aromatic rings. The van der Waals surface area contributed by atoms with Crippen LogP contribution in [-0.4, -0.2) is 42.3 Å². The molecule has 0 bridgehead atoms. The number of aliphatic hydroxyl groups is 3. The molecule has 7 atom stereocenters. The molecule has 25 heavy (non-hydrogen) atoms. The standard InChI is InChI=1S/C20H32Br2O3/c1-16(2)14(21)6-8-17(16,3)12-10-20(25)18(4,11-13(12)23)15(22)7-9-19(20,5)24/h10,13-15,23-25H,6-9,11H2,1-5H3/t13-,14-,15+,17-,18-,19-,20-/m1/s1. The molecule has 0 saturated heterocycles. The summed E-state index contributed by atoms with van der Waals surface area (Å²) < 4.78 is 0. The summed E-state index contributed by atoms with van der Waals surface area (Å²) in [6.45, 7) is 10.4. The Balaban J connectivity index is 2.17. The summed E-state index contributed by atoms with van der Waals surface area (Å²) in [5.41, 5.74) is -2.52. The summed E-state index contributed by atoms with van der Waals surface area (Å²) in [7, 11) is 0. The summed E-state index contributed by atoms with van der Waals surface area (Å²) in [5.74, 6) is 0. The van der Waals surface area contributed by atoms with Crippen molar-refractivity contribution in [1.82, 2.24) is 0 Å². The zero-order valence-corrected chi connectivity index (χ0v) is 19.1. The first-order valence-electron chi connectivity index (χ1n) is 9.37. The molecular formula is C20H32Br2O3. The van der Waals surface area contributed by atoms with Crippen LogP contribution in [0.15, 0.2) is 11.6 Å². The first-order chi connectivity index (χ1) is 11.2. The van der Waals surface area contributed by atoms with Crippen LogP contribution in [0.5, 0.6) is 0 Å². The Bertz CT molecular complexity index is 602. The lowest BCUT2D eigenvalue weighted by atomic mass is 9.50. The van der Waals surface area contributed by atoms with Gasteiger partial charge in [0.2, 0.25) is 0 Å². The largest absolute Gasteiger partial charge is 0.389 e. The molecule has 3 N–H and O–H groups in total. The molecule has 0 aromatic carbocycles. The minimum Gasteiger partial charge on any atom is -0.389 e. The number of halogens is 2. The van der Waals surface area contributed by atoms with Crippen molar-refractivity contribution in [3.63, 3.8) is 0 Å². The molecule has 3 aliphatic carbocycles. The van der Waals surface area contributed by atoms with Crippen molar-refractivity contribution in [2.45, 2.75) is 93.7 Å². The fourth-order valence-electron chi connectivity index (χ4n) is 5.69. The molecule has 0 unspecified atom stereocenters. The van der Waals surface area contributed by atoms with Crippen LogP contribution in [0.3, 0.4) is 0 Å². The molecule has 0 aromatic heterocycles. The second-order valence-electron chi connectivity index (χ2n) is 9.84. The second-order valence-corrected chi connectivity index (χ2v) is 12.1. The monoisotopic (exact) mass is 478 g/mol. The summed E-state index contributed by atoms with van der Waals surface area (Å²) in [6, 6.07) is 0. The summed E-state index contributed by atoms with van der Waals surface area (Å²) in [4.78, 5) is 0.433. The number of rotatable bonds is 1. The molecule has 3 aliphatic rings. The molecule has 144 valence electrons. The maximum absolute atomic E-state index is 11.8. The van der Waals surface area contributed by atoms with Crippen LogP contribution in [0, 0.1) is 16.2 Å². The van der Waals surface area contributed by atoms with Crippen molar-refractivity contribution in [2.24, 2.45) is 16.2 Å². The van der Waals surface area contributed by atoms with Crippen molar-refractivity contribution >= 4 is 31.9 Å². The van der Waals surface area contributed by atoms with Gasteiger partial charge in [-0.1, -0.05) is 59.6 Å². The molecule has 3 rings (SSSR count). The SMILES string of the molecule is CC1(C)[C@H](Br)CC[C@]1(C)C1=C[C@]2(O)[C@](C)(O)CC[C@H](Br)[C@@]2(C)C[C@H]1O. The lowest BCUT2D eigenvalue weighted by molar-refractivity contribution is -0.210. The highest BCUT2D eigenvalue weighted by atomic mass is 79.9. The van der Waals surface area contributed by atoms with E-state index in [1.54, 1.807) is 6.92 Å². The van der Waals surface area contributed by atoms with Gasteiger partial charge in [0.15, 0.2) is 0 Å². The van der Waals surface area contributed by atoms with Gasteiger partial charge in [0.25, 0.3) is 0 Å². The highest BCUT2D eigenvalue weighted by Crippen LogP contribution is 2.65. The third kappa shape index (κ3) is 2.45. The lowest BCUT2D eigenvalue weighted by Gasteiger charge is -2.61. The first kappa shape index (κ1) is 20.3. The number of fused-ring (bicyclic) bond motifs is 1. The van der Waals surface area contributed by atoms with Gasteiger partial charge in [0.05, 0.1) is 11.7 Å². The lowest BCUT2D eigenvalue weighted by Crippen LogP contribution is -2.69. The molecule has 2 fully saturated rings. The highest BCUT2D eigenvalue weighted by molar-refractivity contribution is 9.09. The minimum absolute atomic E-state index is 0.0434. The van der Waals surface area contributed by atoms with E-state index < -0.39 is 22.7 Å². The van der Waals surface area contributed by atoms with Gasteiger partial charge in [-0.25, -0.2) is 0 Å². The van der Waals surface area contributed by atoms with Crippen LogP contribution in [0.1, 0.15) is 66.7 Å². The molecule has 0 heterocycles. The van der Waals surface area contributed by atoms with E-state index >= 15 is 0 Å². The second kappa shape index (κ2) is 5.79. The van der Waals surface area contributed by atoms with Crippen molar-refractivity contribution < 1.29 is 15.3 Å². The number of hydrogen-bond acceptors (Lipinski definition) is 3. The Kier molecular flexibility index (Phi) is 4.71. The molecule has 0 amide bonds. The van der Waals surface area contributed by atoms with Crippen LogP contribution in [-0.2, 0) is 0 Å². The van der Waals surface area contributed by atoms with E-state index in [2.05, 4.69) is 52.6 Å². The maximum atomic E-state index is 11.8. The van der Waals surface area contributed by atoms with Crippen molar-refractivity contribution in [3.05, 3.63) is 11.6 Å². The fourth-order valence-corrected chi connectivity index (χ4v) is 7.19. The fraction of sp³-hybridized carbons (Fsp3) is 0.900. The smallest absolute Gasteiger partial charge is 0.118 e. The highest BCUT2D eigenvalue weighted by Gasteiger charge is 2.66. The number of alkyl halides is 2. The van der Waals surface area contributed by atoms with E-state index in [1.807, 2.05) is 13.0 Å². The Hall–Kier alpha value is 0.580. The average Bonchev–Trinajstić information content (AvgIpc) is 2.71. The first-order valence-corrected chi connectivity index (χ1v) is 11.2. The van der Waals surface area contributed by atoms with Gasteiger partial charge in [0, 0.05) is 15.1 Å². The van der Waals surface area contributed by atoms with Crippen molar-refractivity contribution in [3.8, 4) is 0 Å². The molecule has 2 saturated carbocycles. The average molecular weight is 480 g/mol. The molecular weight excluding hydrogens is 448 g/mol. The zero-order valence-electron chi connectivity index (χ0n) is 15.9. The maximum Gasteiger partial charge on any atom is 0.118 e. The van der Waals surface area contributed by atoms with E-state index in [4.69, 9.17) is 0 Å². The molecule has 0 radical (unpaired) electrons. The zero-order chi connectivity index (χ0) is 19.1. The van der Waals surface area contributed by atoms with Gasteiger partial charge in [0.1, 0.15) is 5.60 Å².